The average Bonchev–Trinajstić information content (AvgIpc) is 2.68. The Kier molecular flexibility index (Phi) is 6.50. The lowest BCUT2D eigenvalue weighted by Crippen LogP contribution is -2.49. The fourth-order valence-corrected chi connectivity index (χ4v) is 5.15. The van der Waals surface area contributed by atoms with Gasteiger partial charge in [-0.05, 0) is 55.3 Å². The summed E-state index contributed by atoms with van der Waals surface area (Å²) in [6, 6.07) is 9.96. The number of hydrogen-bond acceptors (Lipinski definition) is 4. The van der Waals surface area contributed by atoms with Crippen molar-refractivity contribution >= 4 is 44.8 Å². The Labute approximate surface area is 174 Å². The lowest BCUT2D eigenvalue weighted by Gasteiger charge is -2.33. The van der Waals surface area contributed by atoms with Gasteiger partial charge in [0.05, 0.1) is 17.7 Å². The molecule has 0 bridgehead atoms. The summed E-state index contributed by atoms with van der Waals surface area (Å²) in [5.74, 6) is 0.0264. The largest absolute Gasteiger partial charge is 0.495 e. The maximum absolute atomic E-state index is 13.1. The van der Waals surface area contributed by atoms with Crippen LogP contribution in [0.1, 0.15) is 19.3 Å². The number of methoxy groups -OCH3 is 1. The molecule has 9 heteroatoms. The first-order valence-electron chi connectivity index (χ1n) is 8.75. The number of carbonyl (C=O) groups is 1. The molecular formula is C19H20Cl2N2O4S. The first kappa shape index (κ1) is 20.9. The summed E-state index contributed by atoms with van der Waals surface area (Å²) in [7, 11) is -2.35. The highest BCUT2D eigenvalue weighted by atomic mass is 35.5. The Morgan fingerprint density at radius 2 is 1.79 bits per heavy atom. The minimum absolute atomic E-state index is 0.108. The van der Waals surface area contributed by atoms with Crippen LogP contribution in [0.25, 0.3) is 0 Å². The maximum Gasteiger partial charge on any atom is 0.243 e. The minimum atomic E-state index is -3.83. The van der Waals surface area contributed by atoms with E-state index < -0.39 is 22.0 Å². The molecule has 0 aromatic heterocycles. The van der Waals surface area contributed by atoms with Gasteiger partial charge in [-0.25, -0.2) is 8.42 Å². The fourth-order valence-electron chi connectivity index (χ4n) is 3.19. The summed E-state index contributed by atoms with van der Waals surface area (Å²) in [4.78, 5) is 13.1. The van der Waals surface area contributed by atoms with Gasteiger partial charge in [-0.15, -0.1) is 0 Å². The van der Waals surface area contributed by atoms with Crippen LogP contribution in [-0.2, 0) is 14.8 Å². The molecule has 1 heterocycles. The number of anilines is 1. The summed E-state index contributed by atoms with van der Waals surface area (Å²) < 4.78 is 32.7. The monoisotopic (exact) mass is 442 g/mol. The molecule has 1 aliphatic rings. The van der Waals surface area contributed by atoms with E-state index >= 15 is 0 Å². The topological polar surface area (TPSA) is 75.7 Å². The fraction of sp³-hybridized carbons (Fsp3) is 0.316. The number of halogens is 2. The molecule has 1 amide bonds. The van der Waals surface area contributed by atoms with Crippen molar-refractivity contribution in [2.75, 3.05) is 19.0 Å². The Bertz CT molecular complexity index is 964. The molecule has 28 heavy (non-hydrogen) atoms. The molecule has 0 radical (unpaired) electrons. The van der Waals surface area contributed by atoms with E-state index in [1.54, 1.807) is 18.2 Å². The number of sulfonamides is 1. The molecule has 1 fully saturated rings. The van der Waals surface area contributed by atoms with Crippen molar-refractivity contribution in [2.45, 2.75) is 30.2 Å². The van der Waals surface area contributed by atoms with Gasteiger partial charge in [0, 0.05) is 16.6 Å². The number of nitrogens with zero attached hydrogens (tertiary/aromatic N) is 1. The SMILES string of the molecule is COc1ccc(Cl)cc1NC(=O)[C@@H]1CCCCN1S(=O)(=O)c1ccc(Cl)cc1. The predicted molar refractivity (Wildman–Crippen MR) is 110 cm³/mol. The lowest BCUT2D eigenvalue weighted by molar-refractivity contribution is -0.120. The zero-order valence-corrected chi connectivity index (χ0v) is 17.5. The predicted octanol–water partition coefficient (Wildman–Crippen LogP) is 4.18. The van der Waals surface area contributed by atoms with Crippen LogP contribution in [0.4, 0.5) is 5.69 Å². The van der Waals surface area contributed by atoms with Gasteiger partial charge in [0.15, 0.2) is 0 Å². The summed E-state index contributed by atoms with van der Waals surface area (Å²) in [5.41, 5.74) is 0.398. The zero-order valence-electron chi connectivity index (χ0n) is 15.2. The molecule has 0 aliphatic carbocycles. The molecule has 0 saturated carbocycles. The second-order valence-electron chi connectivity index (χ2n) is 6.42. The highest BCUT2D eigenvalue weighted by Crippen LogP contribution is 2.30. The van der Waals surface area contributed by atoms with Crippen LogP contribution in [0.15, 0.2) is 47.4 Å². The highest BCUT2D eigenvalue weighted by Gasteiger charge is 2.37. The van der Waals surface area contributed by atoms with Crippen LogP contribution in [0.5, 0.6) is 5.75 Å². The summed E-state index contributed by atoms with van der Waals surface area (Å²) in [6.45, 7) is 0.274. The second-order valence-corrected chi connectivity index (χ2v) is 9.18. The van der Waals surface area contributed by atoms with E-state index in [-0.39, 0.29) is 11.4 Å². The number of rotatable bonds is 5. The molecule has 0 unspecified atom stereocenters. The Morgan fingerprint density at radius 1 is 1.11 bits per heavy atom. The summed E-state index contributed by atoms with van der Waals surface area (Å²) in [5, 5.41) is 3.64. The molecule has 150 valence electrons. The number of benzene rings is 2. The Morgan fingerprint density at radius 3 is 2.46 bits per heavy atom. The van der Waals surface area contributed by atoms with Gasteiger partial charge in [-0.1, -0.05) is 29.6 Å². The van der Waals surface area contributed by atoms with Crippen molar-refractivity contribution < 1.29 is 17.9 Å². The molecule has 2 aromatic rings. The van der Waals surface area contributed by atoms with Gasteiger partial charge >= 0.3 is 0 Å². The Balaban J connectivity index is 1.88. The third kappa shape index (κ3) is 4.43. The standard InChI is InChI=1S/C19H20Cl2N2O4S/c1-27-18-10-7-14(21)12-16(18)22-19(24)17-4-2-3-11-23(17)28(25,26)15-8-5-13(20)6-9-15/h5-10,12,17H,2-4,11H2,1H3,(H,22,24)/t17-/m0/s1. The minimum Gasteiger partial charge on any atom is -0.495 e. The number of piperidine rings is 1. The van der Waals surface area contributed by atoms with Gasteiger partial charge in [-0.2, -0.15) is 4.31 Å². The number of ether oxygens (including phenoxy) is 1. The number of carbonyl (C=O) groups excluding carboxylic acids is 1. The number of amides is 1. The molecule has 3 rings (SSSR count). The number of nitrogens with one attached hydrogen (secondary N) is 1. The van der Waals surface area contributed by atoms with Gasteiger partial charge in [-0.3, -0.25) is 4.79 Å². The molecule has 2 aromatic carbocycles. The van der Waals surface area contributed by atoms with Gasteiger partial charge < -0.3 is 10.1 Å². The van der Waals surface area contributed by atoms with Gasteiger partial charge in [0.1, 0.15) is 11.8 Å². The highest BCUT2D eigenvalue weighted by molar-refractivity contribution is 7.89. The average molecular weight is 443 g/mol. The van der Waals surface area contributed by atoms with E-state index in [0.29, 0.717) is 34.3 Å². The van der Waals surface area contributed by atoms with Crippen LogP contribution in [0.3, 0.4) is 0 Å². The summed E-state index contributed by atoms with van der Waals surface area (Å²) >= 11 is 11.9. The first-order chi connectivity index (χ1) is 13.3. The molecular weight excluding hydrogens is 423 g/mol. The molecule has 1 aliphatic heterocycles. The van der Waals surface area contributed by atoms with Crippen molar-refractivity contribution in [2.24, 2.45) is 0 Å². The molecule has 1 N–H and O–H groups in total. The van der Waals surface area contributed by atoms with E-state index in [4.69, 9.17) is 27.9 Å². The van der Waals surface area contributed by atoms with Crippen molar-refractivity contribution in [1.29, 1.82) is 0 Å². The third-order valence-corrected chi connectivity index (χ3v) is 7.01. The van der Waals surface area contributed by atoms with Crippen molar-refractivity contribution in [3.63, 3.8) is 0 Å². The Hall–Kier alpha value is -1.80. The van der Waals surface area contributed by atoms with Crippen LogP contribution in [0, 0.1) is 0 Å². The third-order valence-electron chi connectivity index (χ3n) is 4.60. The van der Waals surface area contributed by atoms with Crippen LogP contribution in [-0.4, -0.2) is 38.3 Å². The zero-order chi connectivity index (χ0) is 20.3. The van der Waals surface area contributed by atoms with E-state index in [1.807, 2.05) is 0 Å². The van der Waals surface area contributed by atoms with E-state index in [2.05, 4.69) is 5.32 Å². The molecule has 1 saturated heterocycles. The second kappa shape index (κ2) is 8.69. The summed E-state index contributed by atoms with van der Waals surface area (Å²) in [6.07, 6.45) is 1.88. The molecule has 0 spiro atoms. The van der Waals surface area contributed by atoms with E-state index in [1.165, 1.54) is 35.7 Å². The molecule has 1 atom stereocenters. The normalized spacial score (nSPS) is 17.9. The van der Waals surface area contributed by atoms with Crippen molar-refractivity contribution in [1.82, 2.24) is 4.31 Å². The first-order valence-corrected chi connectivity index (χ1v) is 10.9. The van der Waals surface area contributed by atoms with Crippen LogP contribution < -0.4 is 10.1 Å². The molecule has 6 nitrogen and oxygen atoms in total. The smallest absolute Gasteiger partial charge is 0.243 e. The van der Waals surface area contributed by atoms with E-state index in [9.17, 15) is 13.2 Å². The van der Waals surface area contributed by atoms with E-state index in [0.717, 1.165) is 6.42 Å². The lowest BCUT2D eigenvalue weighted by atomic mass is 10.0. The quantitative estimate of drug-likeness (QED) is 0.752. The van der Waals surface area contributed by atoms with Crippen molar-refractivity contribution in [3.05, 3.63) is 52.5 Å². The van der Waals surface area contributed by atoms with Crippen LogP contribution >= 0.6 is 23.2 Å². The number of hydrogen-bond donors (Lipinski definition) is 1. The van der Waals surface area contributed by atoms with Gasteiger partial charge in [0.25, 0.3) is 0 Å². The maximum atomic E-state index is 13.1. The van der Waals surface area contributed by atoms with Gasteiger partial charge in [0.2, 0.25) is 15.9 Å². The van der Waals surface area contributed by atoms with Crippen LogP contribution in [0.2, 0.25) is 10.0 Å². The van der Waals surface area contributed by atoms with Crippen molar-refractivity contribution in [3.8, 4) is 5.75 Å².